The molecule has 8 nitrogen and oxygen atoms in total. The monoisotopic (exact) mass is 360 g/mol. The van der Waals surface area contributed by atoms with Gasteiger partial charge in [0, 0.05) is 37.4 Å². The van der Waals surface area contributed by atoms with E-state index in [4.69, 9.17) is 18.9 Å². The van der Waals surface area contributed by atoms with Crippen LogP contribution in [0.2, 0.25) is 0 Å². The maximum absolute atomic E-state index is 12.3. The average Bonchev–Trinajstić information content (AvgIpc) is 3.20. The van der Waals surface area contributed by atoms with Crippen molar-refractivity contribution in [3.63, 3.8) is 0 Å². The first-order chi connectivity index (χ1) is 12.6. The summed E-state index contributed by atoms with van der Waals surface area (Å²) in [6.07, 6.45) is 3.32. The number of rotatable bonds is 6. The fourth-order valence-corrected chi connectivity index (χ4v) is 3.21. The fraction of sp³-hybridized carbons (Fsp3) is 0.333. The Balaban J connectivity index is 2.46. The molecule has 0 spiro atoms. The minimum absolute atomic E-state index is 0.255. The van der Waals surface area contributed by atoms with Crippen LogP contribution in [0.3, 0.4) is 0 Å². The number of methoxy groups -OCH3 is 4. The van der Waals surface area contributed by atoms with Crippen LogP contribution in [-0.2, 0) is 32.4 Å². The molecule has 0 bridgehead atoms. The van der Waals surface area contributed by atoms with E-state index in [0.29, 0.717) is 21.9 Å². The average molecular weight is 360 g/mol. The Morgan fingerprint density at radius 2 is 1.15 bits per heavy atom. The predicted molar refractivity (Wildman–Crippen MR) is 94.1 cm³/mol. The highest BCUT2D eigenvalue weighted by atomic mass is 16.5. The summed E-state index contributed by atoms with van der Waals surface area (Å²) < 4.78 is 23.8. The maximum atomic E-state index is 12.3. The quantitative estimate of drug-likeness (QED) is 0.628. The highest BCUT2D eigenvalue weighted by Gasteiger charge is 2.24. The molecule has 0 radical (unpaired) electrons. The number of carbonyl (C=O) groups excluding carboxylic acids is 2. The smallest absolute Gasteiger partial charge is 0.340 e. The first-order valence-electron chi connectivity index (χ1n) is 7.86. The second kappa shape index (κ2) is 7.19. The Kier molecular flexibility index (Phi) is 4.97. The van der Waals surface area contributed by atoms with E-state index in [-0.39, 0.29) is 13.5 Å². The van der Waals surface area contributed by atoms with Gasteiger partial charge in [-0.05, 0) is 12.1 Å². The highest BCUT2D eigenvalue weighted by Crippen LogP contribution is 2.34. The molecule has 0 unspecified atom stereocenters. The molecule has 0 saturated carbocycles. The zero-order valence-electron chi connectivity index (χ0n) is 15.1. The lowest BCUT2D eigenvalue weighted by molar-refractivity contribution is 0.0591. The molecule has 0 atom stereocenters. The van der Waals surface area contributed by atoms with Crippen molar-refractivity contribution in [3.8, 4) is 0 Å². The van der Waals surface area contributed by atoms with E-state index in [0.717, 1.165) is 11.0 Å². The summed E-state index contributed by atoms with van der Waals surface area (Å²) in [7, 11) is 5.77. The van der Waals surface area contributed by atoms with Crippen LogP contribution in [0.5, 0.6) is 0 Å². The van der Waals surface area contributed by atoms with Crippen molar-refractivity contribution in [1.29, 1.82) is 0 Å². The Hall–Kier alpha value is -2.84. The topological polar surface area (TPSA) is 80.9 Å². The van der Waals surface area contributed by atoms with Crippen LogP contribution in [0.25, 0.3) is 21.8 Å². The Bertz CT molecular complexity index is 905. The van der Waals surface area contributed by atoms with Crippen LogP contribution >= 0.6 is 0 Å². The zero-order chi connectivity index (χ0) is 18.8. The van der Waals surface area contributed by atoms with Gasteiger partial charge in [-0.2, -0.15) is 0 Å². The van der Waals surface area contributed by atoms with E-state index in [1.165, 1.54) is 14.2 Å². The van der Waals surface area contributed by atoms with Crippen molar-refractivity contribution in [1.82, 2.24) is 9.13 Å². The number of hydrogen-bond donors (Lipinski definition) is 0. The summed E-state index contributed by atoms with van der Waals surface area (Å²) in [6.45, 7) is 0.511. The number of aromatic nitrogens is 2. The van der Waals surface area contributed by atoms with Crippen molar-refractivity contribution in [2.24, 2.45) is 0 Å². The lowest BCUT2D eigenvalue weighted by atomic mass is 10.0. The van der Waals surface area contributed by atoms with Crippen LogP contribution in [0.4, 0.5) is 0 Å². The van der Waals surface area contributed by atoms with Gasteiger partial charge in [-0.3, -0.25) is 0 Å². The molecule has 0 aliphatic carbocycles. The lowest BCUT2D eigenvalue weighted by Gasteiger charge is -2.06. The molecule has 3 aromatic rings. The van der Waals surface area contributed by atoms with Crippen molar-refractivity contribution >= 4 is 33.7 Å². The van der Waals surface area contributed by atoms with Crippen LogP contribution in [-0.4, -0.2) is 49.5 Å². The third-order valence-corrected chi connectivity index (χ3v) is 4.24. The molecule has 26 heavy (non-hydrogen) atoms. The van der Waals surface area contributed by atoms with Crippen LogP contribution in [0.1, 0.15) is 20.7 Å². The normalized spacial score (nSPS) is 11.2. The minimum atomic E-state index is -0.493. The van der Waals surface area contributed by atoms with Gasteiger partial charge in [0.25, 0.3) is 0 Å². The van der Waals surface area contributed by atoms with Crippen LogP contribution < -0.4 is 0 Å². The molecule has 3 rings (SSSR count). The summed E-state index contributed by atoms with van der Waals surface area (Å²) in [5, 5.41) is 1.23. The van der Waals surface area contributed by atoms with Gasteiger partial charge < -0.3 is 28.1 Å². The van der Waals surface area contributed by atoms with Crippen molar-refractivity contribution < 1.29 is 28.5 Å². The van der Waals surface area contributed by atoms with Gasteiger partial charge >= 0.3 is 11.9 Å². The summed E-state index contributed by atoms with van der Waals surface area (Å²) in [6, 6.07) is 3.74. The number of nitrogens with zero attached hydrogens (tertiary/aromatic N) is 2. The third-order valence-electron chi connectivity index (χ3n) is 4.24. The number of esters is 2. The molecule has 0 amide bonds. The highest BCUT2D eigenvalue weighted by molar-refractivity contribution is 6.21. The standard InChI is InChI=1S/C18H20N2O6/c1-23-9-19-7-11(17(21)25-3)15-13(19)5-6-14-16(15)12(18(22)26-4)8-20(14)10-24-2/h5-8H,9-10H2,1-4H3. The Morgan fingerprint density at radius 3 is 1.46 bits per heavy atom. The predicted octanol–water partition coefficient (Wildman–Crippen LogP) is 2.38. The molecule has 1 aromatic carbocycles. The molecule has 138 valence electrons. The van der Waals surface area contributed by atoms with Gasteiger partial charge in [-0.25, -0.2) is 9.59 Å². The van der Waals surface area contributed by atoms with Crippen molar-refractivity contribution in [3.05, 3.63) is 35.7 Å². The number of hydrogen-bond acceptors (Lipinski definition) is 6. The van der Waals surface area contributed by atoms with E-state index < -0.39 is 11.9 Å². The maximum Gasteiger partial charge on any atom is 0.340 e. The van der Waals surface area contributed by atoms with Gasteiger partial charge in [0.1, 0.15) is 13.5 Å². The zero-order valence-corrected chi connectivity index (χ0v) is 15.1. The lowest BCUT2D eigenvalue weighted by Crippen LogP contribution is -2.02. The fourth-order valence-electron chi connectivity index (χ4n) is 3.21. The third kappa shape index (κ3) is 2.73. The second-order valence-electron chi connectivity index (χ2n) is 5.70. The molecular weight excluding hydrogens is 340 g/mol. The second-order valence-corrected chi connectivity index (χ2v) is 5.70. The van der Waals surface area contributed by atoms with Crippen molar-refractivity contribution in [2.75, 3.05) is 28.4 Å². The summed E-state index contributed by atoms with van der Waals surface area (Å²) in [5.74, 6) is -0.986. The molecule has 0 aliphatic rings. The Labute approximate surface area is 149 Å². The van der Waals surface area contributed by atoms with E-state index in [2.05, 4.69) is 0 Å². The van der Waals surface area contributed by atoms with Gasteiger partial charge in [0.2, 0.25) is 0 Å². The van der Waals surface area contributed by atoms with Gasteiger partial charge in [-0.1, -0.05) is 0 Å². The number of carbonyl (C=O) groups is 2. The molecular formula is C18H20N2O6. The van der Waals surface area contributed by atoms with Gasteiger partial charge in [-0.15, -0.1) is 0 Å². The molecule has 8 heteroatoms. The number of fused-ring (bicyclic) bond motifs is 3. The number of ether oxygens (including phenoxy) is 4. The SMILES string of the molecule is COCn1cc(C(=O)OC)c2c3c(C(=O)OC)cn(COC)c3ccc21. The molecule has 0 saturated heterocycles. The minimum Gasteiger partial charge on any atom is -0.465 e. The van der Waals surface area contributed by atoms with E-state index in [9.17, 15) is 9.59 Å². The van der Waals surface area contributed by atoms with Crippen LogP contribution in [0, 0.1) is 0 Å². The van der Waals surface area contributed by atoms with Gasteiger partial charge in [0.15, 0.2) is 0 Å². The number of benzene rings is 1. The van der Waals surface area contributed by atoms with Gasteiger partial charge in [0.05, 0.1) is 36.4 Å². The van der Waals surface area contributed by atoms with E-state index in [1.54, 1.807) is 35.7 Å². The summed E-state index contributed by atoms with van der Waals surface area (Å²) in [4.78, 5) is 24.7. The van der Waals surface area contributed by atoms with E-state index in [1.807, 2.05) is 12.1 Å². The molecule has 2 heterocycles. The van der Waals surface area contributed by atoms with Crippen LogP contribution in [0.15, 0.2) is 24.5 Å². The summed E-state index contributed by atoms with van der Waals surface area (Å²) >= 11 is 0. The molecule has 0 aliphatic heterocycles. The molecule has 2 aromatic heterocycles. The first-order valence-corrected chi connectivity index (χ1v) is 7.86. The molecule has 0 N–H and O–H groups in total. The largest absolute Gasteiger partial charge is 0.465 e. The molecule has 0 fully saturated rings. The van der Waals surface area contributed by atoms with Crippen molar-refractivity contribution in [2.45, 2.75) is 13.5 Å². The summed E-state index contributed by atoms with van der Waals surface area (Å²) in [5.41, 5.74) is 2.20. The van der Waals surface area contributed by atoms with E-state index >= 15 is 0 Å². The Morgan fingerprint density at radius 1 is 0.769 bits per heavy atom. The first kappa shape index (κ1) is 18.0.